The summed E-state index contributed by atoms with van der Waals surface area (Å²) in [7, 11) is -2.26. The molecule has 0 amide bonds. The van der Waals surface area contributed by atoms with E-state index in [0.717, 1.165) is 5.56 Å². The van der Waals surface area contributed by atoms with E-state index in [0.29, 0.717) is 17.2 Å². The zero-order chi connectivity index (χ0) is 15.6. The molecular weight excluding hydrogens is 314 g/mol. The molecule has 21 heavy (non-hydrogen) atoms. The Hall–Kier alpha value is -1.76. The van der Waals surface area contributed by atoms with E-state index in [2.05, 4.69) is 0 Å². The van der Waals surface area contributed by atoms with E-state index in [4.69, 9.17) is 26.2 Å². The molecule has 112 valence electrons. The summed E-state index contributed by atoms with van der Waals surface area (Å²) in [6.07, 6.45) is 0. The second-order valence-electron chi connectivity index (χ2n) is 4.39. The Labute approximate surface area is 128 Å². The van der Waals surface area contributed by atoms with Crippen LogP contribution in [0.15, 0.2) is 41.3 Å². The zero-order valence-electron chi connectivity index (χ0n) is 11.5. The molecule has 0 atom stereocenters. The normalized spacial score (nSPS) is 11.2. The zero-order valence-corrected chi connectivity index (χ0v) is 13.0. The molecule has 0 saturated heterocycles. The molecule has 0 aliphatic carbocycles. The van der Waals surface area contributed by atoms with Crippen LogP contribution in [0.4, 0.5) is 0 Å². The van der Waals surface area contributed by atoms with E-state index < -0.39 is 10.0 Å². The smallest absolute Gasteiger partial charge is 0.238 e. The molecule has 2 rings (SSSR count). The number of nitrogens with two attached hydrogens (primary N) is 1. The molecule has 7 heteroatoms. The van der Waals surface area contributed by atoms with Crippen LogP contribution in [0.5, 0.6) is 17.2 Å². The molecule has 0 fully saturated rings. The molecule has 0 radical (unpaired) electrons. The maximum Gasteiger partial charge on any atom is 0.238 e. The molecule has 0 aliphatic heterocycles. The fourth-order valence-electron chi connectivity index (χ4n) is 1.72. The van der Waals surface area contributed by atoms with Gasteiger partial charge in [-0.05, 0) is 42.8 Å². The van der Waals surface area contributed by atoms with E-state index in [9.17, 15) is 8.42 Å². The quantitative estimate of drug-likeness (QED) is 0.935. The number of benzene rings is 2. The maximum absolute atomic E-state index is 11.3. The van der Waals surface area contributed by atoms with Crippen LogP contribution in [0.1, 0.15) is 5.56 Å². The molecule has 0 heterocycles. The summed E-state index contributed by atoms with van der Waals surface area (Å²) < 4.78 is 33.4. The van der Waals surface area contributed by atoms with Crippen molar-refractivity contribution in [1.29, 1.82) is 0 Å². The van der Waals surface area contributed by atoms with Crippen LogP contribution < -0.4 is 14.6 Å². The first-order valence-electron chi connectivity index (χ1n) is 5.96. The van der Waals surface area contributed by atoms with Gasteiger partial charge in [-0.1, -0.05) is 17.7 Å². The average Bonchev–Trinajstić information content (AvgIpc) is 2.41. The second-order valence-corrected chi connectivity index (χ2v) is 6.36. The molecule has 0 aromatic heterocycles. The molecule has 2 N–H and O–H groups in total. The van der Waals surface area contributed by atoms with Gasteiger partial charge in [0, 0.05) is 0 Å². The highest BCUT2D eigenvalue weighted by Gasteiger charge is 2.13. The van der Waals surface area contributed by atoms with Crippen molar-refractivity contribution in [2.45, 2.75) is 11.8 Å². The topological polar surface area (TPSA) is 78.6 Å². The van der Waals surface area contributed by atoms with Crippen LogP contribution in [0.25, 0.3) is 0 Å². The van der Waals surface area contributed by atoms with Gasteiger partial charge in [-0.15, -0.1) is 0 Å². The van der Waals surface area contributed by atoms with Crippen molar-refractivity contribution in [3.63, 3.8) is 0 Å². The minimum Gasteiger partial charge on any atom is -0.493 e. The number of hydrogen-bond acceptors (Lipinski definition) is 4. The lowest BCUT2D eigenvalue weighted by Gasteiger charge is -2.12. The van der Waals surface area contributed by atoms with E-state index in [-0.39, 0.29) is 9.92 Å². The van der Waals surface area contributed by atoms with E-state index in [1.165, 1.54) is 25.3 Å². The second kappa shape index (κ2) is 5.93. The van der Waals surface area contributed by atoms with Gasteiger partial charge in [-0.2, -0.15) is 0 Å². The van der Waals surface area contributed by atoms with Gasteiger partial charge in [-0.25, -0.2) is 13.6 Å². The first-order chi connectivity index (χ1) is 9.81. The molecule has 0 unspecified atom stereocenters. The van der Waals surface area contributed by atoms with Crippen LogP contribution >= 0.6 is 11.6 Å². The summed E-state index contributed by atoms with van der Waals surface area (Å²) in [5, 5.41) is 5.19. The van der Waals surface area contributed by atoms with Crippen LogP contribution in [0.3, 0.4) is 0 Å². The lowest BCUT2D eigenvalue weighted by Crippen LogP contribution is -2.11. The molecule has 2 aromatic rings. The number of ether oxygens (including phenoxy) is 2. The standard InChI is InChI=1S/C14H14ClNO4S/c1-9-3-5-13(14(7-9)19-2)20-12-6-4-10(8-11(12)15)21(16,17)18/h3-8H,1-2H3,(H2,16,17,18). The van der Waals surface area contributed by atoms with Gasteiger partial charge in [0.2, 0.25) is 10.0 Å². The van der Waals surface area contributed by atoms with Gasteiger partial charge in [0.25, 0.3) is 0 Å². The van der Waals surface area contributed by atoms with Crippen molar-refractivity contribution in [2.75, 3.05) is 7.11 Å². The van der Waals surface area contributed by atoms with Crippen molar-refractivity contribution in [3.8, 4) is 17.2 Å². The highest BCUT2D eigenvalue weighted by molar-refractivity contribution is 7.89. The van der Waals surface area contributed by atoms with Gasteiger partial charge in [0.15, 0.2) is 11.5 Å². The summed E-state index contributed by atoms with van der Waals surface area (Å²) in [6, 6.07) is 9.45. The van der Waals surface area contributed by atoms with E-state index >= 15 is 0 Å². The van der Waals surface area contributed by atoms with Crippen molar-refractivity contribution < 1.29 is 17.9 Å². The number of methoxy groups -OCH3 is 1. The first-order valence-corrected chi connectivity index (χ1v) is 7.88. The van der Waals surface area contributed by atoms with Crippen LogP contribution in [-0.2, 0) is 10.0 Å². The Balaban J connectivity index is 2.37. The number of rotatable bonds is 4. The third kappa shape index (κ3) is 3.66. The Morgan fingerprint density at radius 2 is 1.71 bits per heavy atom. The third-order valence-corrected chi connectivity index (χ3v) is 3.98. The first kappa shape index (κ1) is 15.6. The molecule has 2 aromatic carbocycles. The van der Waals surface area contributed by atoms with Crippen molar-refractivity contribution in [2.24, 2.45) is 5.14 Å². The van der Waals surface area contributed by atoms with Crippen LogP contribution in [0.2, 0.25) is 5.02 Å². The Kier molecular flexibility index (Phi) is 4.41. The lowest BCUT2D eigenvalue weighted by molar-refractivity contribution is 0.378. The van der Waals surface area contributed by atoms with Crippen LogP contribution in [0, 0.1) is 6.92 Å². The molecule has 5 nitrogen and oxygen atoms in total. The van der Waals surface area contributed by atoms with Crippen molar-refractivity contribution in [3.05, 3.63) is 47.0 Å². The third-order valence-electron chi connectivity index (χ3n) is 2.77. The summed E-state index contributed by atoms with van der Waals surface area (Å²) >= 11 is 6.03. The lowest BCUT2D eigenvalue weighted by atomic mass is 10.2. The monoisotopic (exact) mass is 327 g/mol. The van der Waals surface area contributed by atoms with Crippen molar-refractivity contribution in [1.82, 2.24) is 0 Å². The molecular formula is C14H14ClNO4S. The van der Waals surface area contributed by atoms with Crippen molar-refractivity contribution >= 4 is 21.6 Å². The van der Waals surface area contributed by atoms with E-state index in [1.54, 1.807) is 6.07 Å². The highest BCUT2D eigenvalue weighted by Crippen LogP contribution is 2.36. The molecule has 0 saturated carbocycles. The van der Waals surface area contributed by atoms with Gasteiger partial charge < -0.3 is 9.47 Å². The molecule has 0 spiro atoms. The number of aryl methyl sites for hydroxylation is 1. The number of halogens is 1. The predicted octanol–water partition coefficient (Wildman–Crippen LogP) is 3.10. The van der Waals surface area contributed by atoms with E-state index in [1.807, 2.05) is 19.1 Å². The van der Waals surface area contributed by atoms with Gasteiger partial charge in [0.05, 0.1) is 17.0 Å². The summed E-state index contributed by atoms with van der Waals surface area (Å²) in [6.45, 7) is 1.93. The van der Waals surface area contributed by atoms with Gasteiger partial charge >= 0.3 is 0 Å². The fraction of sp³-hybridized carbons (Fsp3) is 0.143. The van der Waals surface area contributed by atoms with Gasteiger partial charge in [-0.3, -0.25) is 0 Å². The number of hydrogen-bond donors (Lipinski definition) is 1. The minimum absolute atomic E-state index is 0.0734. The average molecular weight is 328 g/mol. The fourth-order valence-corrected chi connectivity index (χ4v) is 2.54. The number of sulfonamides is 1. The Bertz CT molecular complexity index is 775. The Morgan fingerprint density at radius 3 is 2.29 bits per heavy atom. The minimum atomic E-state index is -3.80. The highest BCUT2D eigenvalue weighted by atomic mass is 35.5. The van der Waals surface area contributed by atoms with Gasteiger partial charge in [0.1, 0.15) is 5.75 Å². The number of primary sulfonamides is 1. The largest absolute Gasteiger partial charge is 0.493 e. The summed E-state index contributed by atoms with van der Waals surface area (Å²) in [5.41, 5.74) is 1.02. The van der Waals surface area contributed by atoms with Crippen LogP contribution in [-0.4, -0.2) is 15.5 Å². The molecule has 0 bridgehead atoms. The maximum atomic E-state index is 11.3. The predicted molar refractivity (Wildman–Crippen MR) is 80.6 cm³/mol. The summed E-state index contributed by atoms with van der Waals surface area (Å²) in [5.74, 6) is 1.35. The Morgan fingerprint density at radius 1 is 1.05 bits per heavy atom. The summed E-state index contributed by atoms with van der Waals surface area (Å²) in [4.78, 5) is -0.0734. The molecule has 0 aliphatic rings. The SMILES string of the molecule is COc1cc(C)ccc1Oc1ccc(S(N)(=O)=O)cc1Cl.